The number of ether oxygens (including phenoxy) is 1. The number of carboxylic acid groups (broad SMARTS) is 1. The van der Waals surface area contributed by atoms with Gasteiger partial charge in [0.25, 0.3) is 0 Å². The Labute approximate surface area is 79.6 Å². The summed E-state index contributed by atoms with van der Waals surface area (Å²) in [6, 6.07) is 3.31. The van der Waals surface area contributed by atoms with Crippen molar-refractivity contribution in [1.29, 1.82) is 0 Å². The second kappa shape index (κ2) is 4.86. The molecule has 0 bridgehead atoms. The maximum absolute atomic E-state index is 10.8. The molecule has 74 valence electrons. The molecule has 1 aromatic rings. The molecule has 0 saturated carbocycles. The lowest BCUT2D eigenvalue weighted by atomic mass is 10.4. The summed E-state index contributed by atoms with van der Waals surface area (Å²) in [5, 5.41) is 8.20. The smallest absolute Gasteiger partial charge is 0.331 e. The van der Waals surface area contributed by atoms with Crippen LogP contribution in [0.5, 0.6) is 0 Å². The molecular formula is C9H8O5. The SMILES string of the molecule is O=C(O)/C=C/C(=O)OCc1ccco1. The van der Waals surface area contributed by atoms with Gasteiger partial charge < -0.3 is 14.3 Å². The van der Waals surface area contributed by atoms with Crippen molar-refractivity contribution in [3.63, 3.8) is 0 Å². The van der Waals surface area contributed by atoms with Crippen molar-refractivity contribution in [2.45, 2.75) is 6.61 Å². The summed E-state index contributed by atoms with van der Waals surface area (Å²) in [4.78, 5) is 20.9. The van der Waals surface area contributed by atoms with E-state index in [1.54, 1.807) is 12.1 Å². The molecule has 0 aliphatic carbocycles. The Kier molecular flexibility index (Phi) is 3.49. The van der Waals surface area contributed by atoms with Gasteiger partial charge in [-0.1, -0.05) is 0 Å². The molecule has 0 aromatic carbocycles. The highest BCUT2D eigenvalue weighted by molar-refractivity contribution is 5.90. The Morgan fingerprint density at radius 2 is 2.29 bits per heavy atom. The van der Waals surface area contributed by atoms with Gasteiger partial charge in [-0.2, -0.15) is 0 Å². The van der Waals surface area contributed by atoms with E-state index in [1.165, 1.54) is 6.26 Å². The standard InChI is InChI=1S/C9H8O5/c10-8(11)3-4-9(12)14-6-7-2-1-5-13-7/h1-5H,6H2,(H,10,11)/b4-3+. The monoisotopic (exact) mass is 196 g/mol. The molecule has 0 spiro atoms. The molecule has 1 aromatic heterocycles. The fourth-order valence-corrected chi connectivity index (χ4v) is 0.724. The Hall–Kier alpha value is -2.04. The number of aliphatic carboxylic acids is 1. The third kappa shape index (κ3) is 3.57. The van der Waals surface area contributed by atoms with E-state index >= 15 is 0 Å². The molecule has 0 aliphatic rings. The Morgan fingerprint density at radius 1 is 1.50 bits per heavy atom. The Balaban J connectivity index is 2.32. The van der Waals surface area contributed by atoms with Gasteiger partial charge in [0.2, 0.25) is 0 Å². The van der Waals surface area contributed by atoms with E-state index in [4.69, 9.17) is 9.52 Å². The third-order valence-corrected chi connectivity index (χ3v) is 1.30. The van der Waals surface area contributed by atoms with E-state index in [1.807, 2.05) is 0 Å². The molecule has 0 radical (unpaired) electrons. The quantitative estimate of drug-likeness (QED) is 0.573. The number of esters is 1. The fraction of sp³-hybridized carbons (Fsp3) is 0.111. The summed E-state index contributed by atoms with van der Waals surface area (Å²) in [7, 11) is 0. The van der Waals surface area contributed by atoms with E-state index in [0.29, 0.717) is 11.8 Å². The first kappa shape index (κ1) is 10.0. The number of carbonyl (C=O) groups is 2. The van der Waals surface area contributed by atoms with Crippen molar-refractivity contribution in [1.82, 2.24) is 0 Å². The van der Waals surface area contributed by atoms with Gasteiger partial charge in [-0.15, -0.1) is 0 Å². The van der Waals surface area contributed by atoms with E-state index in [9.17, 15) is 9.59 Å². The summed E-state index contributed by atoms with van der Waals surface area (Å²) in [5.41, 5.74) is 0. The van der Waals surface area contributed by atoms with E-state index < -0.39 is 11.9 Å². The summed E-state index contributed by atoms with van der Waals surface area (Å²) < 4.78 is 9.55. The zero-order chi connectivity index (χ0) is 10.4. The molecule has 0 unspecified atom stereocenters. The average Bonchev–Trinajstić information content (AvgIpc) is 2.63. The van der Waals surface area contributed by atoms with Gasteiger partial charge in [0.1, 0.15) is 12.4 Å². The molecule has 0 aliphatic heterocycles. The van der Waals surface area contributed by atoms with Crippen LogP contribution in [0.2, 0.25) is 0 Å². The number of rotatable bonds is 4. The minimum atomic E-state index is -1.19. The van der Waals surface area contributed by atoms with Gasteiger partial charge in [0, 0.05) is 12.2 Å². The highest BCUT2D eigenvalue weighted by Gasteiger charge is 2.00. The van der Waals surface area contributed by atoms with Gasteiger partial charge in [-0.05, 0) is 12.1 Å². The van der Waals surface area contributed by atoms with Crippen LogP contribution >= 0.6 is 0 Å². The van der Waals surface area contributed by atoms with Crippen molar-refractivity contribution in [3.05, 3.63) is 36.3 Å². The number of hydrogen-bond donors (Lipinski definition) is 1. The predicted octanol–water partition coefficient (Wildman–Crippen LogP) is 0.964. The van der Waals surface area contributed by atoms with Crippen LogP contribution in [0, 0.1) is 0 Å². The van der Waals surface area contributed by atoms with E-state index in [-0.39, 0.29) is 6.61 Å². The molecule has 1 N–H and O–H groups in total. The predicted molar refractivity (Wildman–Crippen MR) is 45.3 cm³/mol. The van der Waals surface area contributed by atoms with Gasteiger partial charge >= 0.3 is 11.9 Å². The normalized spacial score (nSPS) is 10.3. The molecule has 0 amide bonds. The molecule has 5 nitrogen and oxygen atoms in total. The number of carbonyl (C=O) groups excluding carboxylic acids is 1. The zero-order valence-corrected chi connectivity index (χ0v) is 7.17. The number of carboxylic acids is 1. The molecular weight excluding hydrogens is 188 g/mol. The van der Waals surface area contributed by atoms with Gasteiger partial charge in [0.05, 0.1) is 6.26 Å². The maximum Gasteiger partial charge on any atom is 0.331 e. The lowest BCUT2D eigenvalue weighted by molar-refractivity contribution is -0.140. The average molecular weight is 196 g/mol. The van der Waals surface area contributed by atoms with Crippen molar-refractivity contribution in [2.75, 3.05) is 0 Å². The molecule has 5 heteroatoms. The Bertz CT molecular complexity index is 336. The van der Waals surface area contributed by atoms with Crippen LogP contribution in [0.4, 0.5) is 0 Å². The zero-order valence-electron chi connectivity index (χ0n) is 7.17. The van der Waals surface area contributed by atoms with Gasteiger partial charge in [-0.3, -0.25) is 0 Å². The first-order valence-corrected chi connectivity index (χ1v) is 3.78. The van der Waals surface area contributed by atoms with Crippen LogP contribution in [0.15, 0.2) is 35.0 Å². The first-order chi connectivity index (χ1) is 6.68. The third-order valence-electron chi connectivity index (χ3n) is 1.30. The van der Waals surface area contributed by atoms with Crippen LogP contribution in [0.25, 0.3) is 0 Å². The van der Waals surface area contributed by atoms with Crippen molar-refractivity contribution < 1.29 is 23.8 Å². The van der Waals surface area contributed by atoms with Crippen molar-refractivity contribution in [2.24, 2.45) is 0 Å². The molecule has 1 rings (SSSR count). The fourth-order valence-electron chi connectivity index (χ4n) is 0.724. The first-order valence-electron chi connectivity index (χ1n) is 3.78. The van der Waals surface area contributed by atoms with Crippen LogP contribution in [-0.4, -0.2) is 17.0 Å². The maximum atomic E-state index is 10.8. The highest BCUT2D eigenvalue weighted by atomic mass is 16.5. The summed E-state index contributed by atoms with van der Waals surface area (Å²) in [6.45, 7) is -0.00417. The van der Waals surface area contributed by atoms with Gasteiger partial charge in [0.15, 0.2) is 0 Å². The van der Waals surface area contributed by atoms with E-state index in [0.717, 1.165) is 6.08 Å². The van der Waals surface area contributed by atoms with Crippen molar-refractivity contribution >= 4 is 11.9 Å². The summed E-state index contributed by atoms with van der Waals surface area (Å²) >= 11 is 0. The van der Waals surface area contributed by atoms with Crippen molar-refractivity contribution in [3.8, 4) is 0 Å². The molecule has 14 heavy (non-hydrogen) atoms. The van der Waals surface area contributed by atoms with Crippen LogP contribution in [-0.2, 0) is 20.9 Å². The van der Waals surface area contributed by atoms with Gasteiger partial charge in [-0.25, -0.2) is 9.59 Å². The minimum absolute atomic E-state index is 0.00417. The minimum Gasteiger partial charge on any atom is -0.478 e. The largest absolute Gasteiger partial charge is 0.478 e. The second-order valence-electron chi connectivity index (χ2n) is 2.36. The van der Waals surface area contributed by atoms with Crippen LogP contribution < -0.4 is 0 Å². The molecule has 1 heterocycles. The number of furan rings is 1. The van der Waals surface area contributed by atoms with Crippen LogP contribution in [0.3, 0.4) is 0 Å². The summed E-state index contributed by atoms with van der Waals surface area (Å²) in [5.74, 6) is -1.41. The van der Waals surface area contributed by atoms with Crippen LogP contribution in [0.1, 0.15) is 5.76 Å². The molecule has 0 fully saturated rings. The highest BCUT2D eigenvalue weighted by Crippen LogP contribution is 2.01. The number of hydrogen-bond acceptors (Lipinski definition) is 4. The lowest BCUT2D eigenvalue weighted by Crippen LogP contribution is -2.01. The Morgan fingerprint density at radius 3 is 2.86 bits per heavy atom. The summed E-state index contributed by atoms with van der Waals surface area (Å²) in [6.07, 6.45) is 3.01. The molecule has 0 saturated heterocycles. The second-order valence-corrected chi connectivity index (χ2v) is 2.36. The lowest BCUT2D eigenvalue weighted by Gasteiger charge is -1.96. The molecule has 0 atom stereocenters. The topological polar surface area (TPSA) is 76.7 Å². The van der Waals surface area contributed by atoms with E-state index in [2.05, 4.69) is 4.74 Å².